The summed E-state index contributed by atoms with van der Waals surface area (Å²) in [6, 6.07) is 16.6. The summed E-state index contributed by atoms with van der Waals surface area (Å²) in [5.74, 6) is -1.13. The number of nitrogens with zero attached hydrogens (tertiary/aromatic N) is 3. The van der Waals surface area contributed by atoms with Crippen LogP contribution < -0.4 is 15.4 Å². The van der Waals surface area contributed by atoms with Gasteiger partial charge in [-0.05, 0) is 48.9 Å². The predicted octanol–water partition coefficient (Wildman–Crippen LogP) is 2.09. The fourth-order valence-electron chi connectivity index (χ4n) is 3.65. The van der Waals surface area contributed by atoms with Gasteiger partial charge >= 0.3 is 5.97 Å². The van der Waals surface area contributed by atoms with Crippen molar-refractivity contribution in [1.82, 2.24) is 24.8 Å². The van der Waals surface area contributed by atoms with Crippen molar-refractivity contribution < 1.29 is 23.1 Å². The predicted molar refractivity (Wildman–Crippen MR) is 138 cm³/mol. The lowest BCUT2D eigenvalue weighted by Crippen LogP contribution is -2.48. The third-order valence-corrected chi connectivity index (χ3v) is 7.03. The molecule has 1 atom stereocenters. The second kappa shape index (κ2) is 11.6. The summed E-state index contributed by atoms with van der Waals surface area (Å²) >= 11 is 0. The molecular weight excluding hydrogens is 496 g/mol. The van der Waals surface area contributed by atoms with Gasteiger partial charge in [-0.1, -0.05) is 24.3 Å². The van der Waals surface area contributed by atoms with Gasteiger partial charge in [0.2, 0.25) is 10.0 Å². The molecule has 0 saturated heterocycles. The Labute approximate surface area is 213 Å². The zero-order chi connectivity index (χ0) is 26.3. The second-order valence-corrected chi connectivity index (χ2v) is 9.89. The maximum Gasteiger partial charge on any atom is 0.323 e. The first-order chi connectivity index (χ1) is 17.8. The van der Waals surface area contributed by atoms with Gasteiger partial charge in [0, 0.05) is 36.8 Å². The van der Waals surface area contributed by atoms with Crippen LogP contribution in [0.25, 0.3) is 10.9 Å². The number of rotatable bonds is 12. The van der Waals surface area contributed by atoms with Crippen molar-refractivity contribution >= 4 is 38.6 Å². The number of hydrogen-bond donors (Lipinski definition) is 4. The SMILES string of the molecule is O=C(NCC(NS(=O)(=O)c1ccccc1)C(=O)O)c1ccc2c(cnn2CCCNc2ccccn2)c1. The van der Waals surface area contributed by atoms with Crippen molar-refractivity contribution in [3.63, 3.8) is 0 Å². The summed E-state index contributed by atoms with van der Waals surface area (Å²) in [6.45, 7) is 0.954. The van der Waals surface area contributed by atoms with Crippen LogP contribution in [0.5, 0.6) is 0 Å². The van der Waals surface area contributed by atoms with E-state index < -0.39 is 34.5 Å². The van der Waals surface area contributed by atoms with Gasteiger partial charge in [0.05, 0.1) is 16.6 Å². The Kier molecular flexibility index (Phi) is 8.11. The van der Waals surface area contributed by atoms with E-state index in [9.17, 15) is 23.1 Å². The van der Waals surface area contributed by atoms with Gasteiger partial charge in [-0.2, -0.15) is 9.82 Å². The number of carboxylic acid groups (broad SMARTS) is 1. The van der Waals surface area contributed by atoms with Gasteiger partial charge in [-0.3, -0.25) is 14.3 Å². The summed E-state index contributed by atoms with van der Waals surface area (Å²) in [5.41, 5.74) is 1.16. The molecule has 0 aliphatic rings. The van der Waals surface area contributed by atoms with Gasteiger partial charge in [0.25, 0.3) is 5.91 Å². The molecule has 0 bridgehead atoms. The van der Waals surface area contributed by atoms with E-state index in [0.29, 0.717) is 12.1 Å². The first kappa shape index (κ1) is 25.8. The molecule has 4 N–H and O–H groups in total. The highest BCUT2D eigenvalue weighted by Gasteiger charge is 2.26. The molecule has 0 fully saturated rings. The fraction of sp³-hybridized carbons (Fsp3) is 0.200. The van der Waals surface area contributed by atoms with Crippen molar-refractivity contribution in [3.05, 3.63) is 84.7 Å². The first-order valence-corrected chi connectivity index (χ1v) is 13.0. The smallest absolute Gasteiger partial charge is 0.323 e. The zero-order valence-corrected chi connectivity index (χ0v) is 20.6. The molecule has 0 spiro atoms. The normalized spacial score (nSPS) is 12.2. The van der Waals surface area contributed by atoms with E-state index in [1.54, 1.807) is 36.7 Å². The van der Waals surface area contributed by atoms with E-state index >= 15 is 0 Å². The molecule has 0 saturated carbocycles. The molecule has 192 valence electrons. The van der Waals surface area contributed by atoms with Gasteiger partial charge in [-0.15, -0.1) is 0 Å². The van der Waals surface area contributed by atoms with E-state index in [1.165, 1.54) is 24.3 Å². The number of fused-ring (bicyclic) bond motifs is 1. The number of carbonyl (C=O) groups is 2. The number of aryl methyl sites for hydroxylation is 1. The molecular formula is C25H26N6O5S. The van der Waals surface area contributed by atoms with Crippen LogP contribution in [0.2, 0.25) is 0 Å². The summed E-state index contributed by atoms with van der Waals surface area (Å²) in [5, 5.41) is 20.4. The molecule has 37 heavy (non-hydrogen) atoms. The van der Waals surface area contributed by atoms with Crippen molar-refractivity contribution in [1.29, 1.82) is 0 Å². The lowest BCUT2D eigenvalue weighted by molar-refractivity contribution is -0.138. The van der Waals surface area contributed by atoms with E-state index in [-0.39, 0.29) is 4.90 Å². The molecule has 2 heterocycles. The van der Waals surface area contributed by atoms with Gasteiger partial charge in [-0.25, -0.2) is 13.4 Å². The Morgan fingerprint density at radius 2 is 1.81 bits per heavy atom. The van der Waals surface area contributed by atoms with Crippen LogP contribution in [0.4, 0.5) is 5.82 Å². The number of hydrogen-bond acceptors (Lipinski definition) is 7. The van der Waals surface area contributed by atoms with Crippen LogP contribution in [0.1, 0.15) is 16.8 Å². The minimum absolute atomic E-state index is 0.0671. The number of amides is 1. The van der Waals surface area contributed by atoms with E-state index in [1.807, 2.05) is 22.9 Å². The number of aliphatic carboxylic acids is 1. The highest BCUT2D eigenvalue weighted by atomic mass is 32.2. The molecule has 11 nitrogen and oxygen atoms in total. The largest absolute Gasteiger partial charge is 0.480 e. The van der Waals surface area contributed by atoms with E-state index in [2.05, 4.69) is 25.4 Å². The molecule has 2 aromatic heterocycles. The molecule has 4 rings (SSSR count). The Morgan fingerprint density at radius 3 is 2.54 bits per heavy atom. The Hall–Kier alpha value is -4.29. The number of carboxylic acids is 1. The number of pyridine rings is 1. The van der Waals surface area contributed by atoms with Crippen molar-refractivity contribution in [2.75, 3.05) is 18.4 Å². The second-order valence-electron chi connectivity index (χ2n) is 8.17. The third kappa shape index (κ3) is 6.68. The van der Waals surface area contributed by atoms with Crippen LogP contribution in [0, 0.1) is 0 Å². The van der Waals surface area contributed by atoms with Crippen LogP contribution in [-0.4, -0.2) is 59.3 Å². The molecule has 0 aliphatic heterocycles. The monoisotopic (exact) mass is 522 g/mol. The topological polar surface area (TPSA) is 155 Å². The van der Waals surface area contributed by atoms with E-state index in [4.69, 9.17) is 0 Å². The van der Waals surface area contributed by atoms with Crippen LogP contribution in [0.3, 0.4) is 0 Å². The van der Waals surface area contributed by atoms with E-state index in [0.717, 1.165) is 29.7 Å². The highest BCUT2D eigenvalue weighted by Crippen LogP contribution is 2.16. The van der Waals surface area contributed by atoms with Crippen LogP contribution in [0.15, 0.2) is 84.0 Å². The maximum atomic E-state index is 12.7. The maximum absolute atomic E-state index is 12.7. The van der Waals surface area contributed by atoms with Crippen LogP contribution in [-0.2, 0) is 21.4 Å². The standard InChI is InChI=1S/C25H26N6O5S/c32-24(28-17-21(25(33)34)30-37(35,36)20-7-2-1-3-8-20)18-10-11-22-19(15-18)16-29-31(22)14-6-13-27-23-9-4-5-12-26-23/h1-5,7-12,15-16,21,30H,6,13-14,17H2,(H,26,27)(H,28,32)(H,33,34). The highest BCUT2D eigenvalue weighted by molar-refractivity contribution is 7.89. The molecule has 2 aromatic carbocycles. The van der Waals surface area contributed by atoms with Crippen molar-refractivity contribution in [3.8, 4) is 0 Å². The Balaban J connectivity index is 1.34. The lowest BCUT2D eigenvalue weighted by Gasteiger charge is -2.15. The average molecular weight is 523 g/mol. The minimum atomic E-state index is -4.07. The Bertz CT molecular complexity index is 1480. The summed E-state index contributed by atoms with van der Waals surface area (Å²) < 4.78 is 28.9. The number of benzene rings is 2. The molecule has 1 amide bonds. The number of nitrogens with one attached hydrogen (secondary N) is 3. The van der Waals surface area contributed by atoms with Crippen LogP contribution >= 0.6 is 0 Å². The van der Waals surface area contributed by atoms with Crippen molar-refractivity contribution in [2.45, 2.75) is 23.9 Å². The number of aromatic nitrogens is 3. The third-order valence-electron chi connectivity index (χ3n) is 5.54. The van der Waals surface area contributed by atoms with Crippen molar-refractivity contribution in [2.24, 2.45) is 0 Å². The molecule has 0 aliphatic carbocycles. The molecule has 1 unspecified atom stereocenters. The zero-order valence-electron chi connectivity index (χ0n) is 19.7. The van der Waals surface area contributed by atoms with Gasteiger partial charge in [0.15, 0.2) is 0 Å². The molecule has 4 aromatic rings. The number of sulfonamides is 1. The molecule has 0 radical (unpaired) electrons. The first-order valence-electron chi connectivity index (χ1n) is 11.5. The summed E-state index contributed by atoms with van der Waals surface area (Å²) in [6.07, 6.45) is 4.19. The molecule has 12 heteroatoms. The van der Waals surface area contributed by atoms with Gasteiger partial charge in [0.1, 0.15) is 11.9 Å². The minimum Gasteiger partial charge on any atom is -0.480 e. The lowest BCUT2D eigenvalue weighted by atomic mass is 10.1. The average Bonchev–Trinajstić information content (AvgIpc) is 3.32. The quantitative estimate of drug-likeness (QED) is 0.206. The number of anilines is 1. The number of carbonyl (C=O) groups excluding carboxylic acids is 1. The summed E-state index contributed by atoms with van der Waals surface area (Å²) in [4.78, 5) is 28.5. The van der Waals surface area contributed by atoms with Gasteiger partial charge < -0.3 is 15.7 Å². The fourth-order valence-corrected chi connectivity index (χ4v) is 4.86. The summed E-state index contributed by atoms with van der Waals surface area (Å²) in [7, 11) is -4.07. The Morgan fingerprint density at radius 1 is 1.03 bits per heavy atom.